The predicted molar refractivity (Wildman–Crippen MR) is 143 cm³/mol. The fraction of sp³-hybridized carbons (Fsp3) is 0.0741. The molecular weight excluding hydrogens is 526 g/mol. The fourth-order valence-corrected chi connectivity index (χ4v) is 5.24. The van der Waals surface area contributed by atoms with Crippen LogP contribution in [0.25, 0.3) is 11.8 Å². The second-order valence-electron chi connectivity index (χ2n) is 7.74. The Balaban J connectivity index is 1.45. The largest absolute Gasteiger partial charge is 0.493 e. The van der Waals surface area contributed by atoms with E-state index in [4.69, 9.17) is 14.9 Å². The first-order chi connectivity index (χ1) is 17.0. The first kappa shape index (κ1) is 23.1. The van der Waals surface area contributed by atoms with E-state index in [0.717, 1.165) is 16.8 Å². The molecule has 0 aromatic heterocycles. The highest BCUT2D eigenvalue weighted by Gasteiger charge is 2.36. The molecule has 0 radical (unpaired) electrons. The molecule has 3 aromatic carbocycles. The molecule has 3 aromatic rings. The summed E-state index contributed by atoms with van der Waals surface area (Å²) in [5.41, 5.74) is 3.69. The summed E-state index contributed by atoms with van der Waals surface area (Å²) in [6.07, 6.45) is 1.66. The molecule has 35 heavy (non-hydrogen) atoms. The van der Waals surface area contributed by atoms with E-state index in [-0.39, 0.29) is 11.4 Å². The van der Waals surface area contributed by atoms with E-state index >= 15 is 0 Å². The van der Waals surface area contributed by atoms with Gasteiger partial charge in [-0.3, -0.25) is 15.1 Å². The van der Waals surface area contributed by atoms with Crippen LogP contribution in [0.2, 0.25) is 0 Å². The molecule has 8 heteroatoms. The van der Waals surface area contributed by atoms with Crippen molar-refractivity contribution in [2.45, 2.75) is 6.61 Å². The zero-order valence-corrected chi connectivity index (χ0v) is 21.1. The second-order valence-corrected chi connectivity index (χ2v) is 9.43. The summed E-state index contributed by atoms with van der Waals surface area (Å²) in [5, 5.41) is 11.2. The summed E-state index contributed by atoms with van der Waals surface area (Å²) in [6.45, 7) is 0.387. The Morgan fingerprint density at radius 2 is 1.80 bits per heavy atom. The van der Waals surface area contributed by atoms with Crippen LogP contribution in [0, 0.1) is 5.41 Å². The highest BCUT2D eigenvalue weighted by Crippen LogP contribution is 2.40. The van der Waals surface area contributed by atoms with Crippen molar-refractivity contribution < 1.29 is 14.3 Å². The third-order valence-electron chi connectivity index (χ3n) is 5.47. The Hall–Kier alpha value is -3.62. The number of nitrogens with zero attached hydrogens (tertiary/aromatic N) is 2. The van der Waals surface area contributed by atoms with Gasteiger partial charge in [0.15, 0.2) is 16.7 Å². The van der Waals surface area contributed by atoms with Crippen LogP contribution in [0.4, 0.5) is 0 Å². The van der Waals surface area contributed by atoms with E-state index in [1.165, 1.54) is 11.8 Å². The molecule has 0 saturated carbocycles. The molecule has 6 nitrogen and oxygen atoms in total. The molecular formula is C27H20BrN3O3S. The first-order valence-electron chi connectivity index (χ1n) is 10.8. The van der Waals surface area contributed by atoms with Gasteiger partial charge in [0, 0.05) is 5.41 Å². The average Bonchev–Trinajstić information content (AvgIpc) is 3.30. The number of nitrogens with one attached hydrogen (secondary N) is 1. The summed E-state index contributed by atoms with van der Waals surface area (Å²) < 4.78 is 12.3. The zero-order valence-electron chi connectivity index (χ0n) is 18.7. The molecule has 1 amide bonds. The van der Waals surface area contributed by atoms with Crippen LogP contribution in [0.3, 0.4) is 0 Å². The lowest BCUT2D eigenvalue weighted by Gasteiger charge is -2.27. The number of carbonyl (C=O) groups excluding carboxylic acids is 1. The van der Waals surface area contributed by atoms with Crippen LogP contribution in [-0.4, -0.2) is 28.9 Å². The van der Waals surface area contributed by atoms with Crippen LogP contribution in [0.5, 0.6) is 11.5 Å². The Kier molecular flexibility index (Phi) is 6.57. The van der Waals surface area contributed by atoms with Gasteiger partial charge in [-0.25, -0.2) is 0 Å². The van der Waals surface area contributed by atoms with Gasteiger partial charge < -0.3 is 9.47 Å². The molecule has 2 aliphatic rings. The molecule has 0 aliphatic carbocycles. The van der Waals surface area contributed by atoms with E-state index < -0.39 is 5.91 Å². The minimum absolute atomic E-state index is 0.0830. The number of hydrogen-bond donors (Lipinski definition) is 1. The number of benzene rings is 3. The lowest BCUT2D eigenvalue weighted by molar-refractivity contribution is -0.114. The van der Waals surface area contributed by atoms with Gasteiger partial charge in [-0.2, -0.15) is 4.99 Å². The number of amides is 1. The number of ether oxygens (including phenoxy) is 2. The minimum atomic E-state index is -0.448. The molecule has 174 valence electrons. The lowest BCUT2D eigenvalue weighted by Crippen LogP contribution is -2.38. The van der Waals surface area contributed by atoms with Crippen molar-refractivity contribution >= 4 is 56.4 Å². The maximum absolute atomic E-state index is 12.8. The van der Waals surface area contributed by atoms with Crippen molar-refractivity contribution in [1.82, 2.24) is 4.90 Å². The number of rotatable bonds is 6. The molecule has 2 aliphatic heterocycles. The van der Waals surface area contributed by atoms with Gasteiger partial charge >= 0.3 is 0 Å². The third-order valence-corrected chi connectivity index (χ3v) is 6.89. The molecule has 0 saturated heterocycles. The second kappa shape index (κ2) is 9.93. The van der Waals surface area contributed by atoms with E-state index in [1.807, 2.05) is 72.1 Å². The topological polar surface area (TPSA) is 75.0 Å². The summed E-state index contributed by atoms with van der Waals surface area (Å²) in [6, 6.07) is 23.2. The fourth-order valence-electron chi connectivity index (χ4n) is 3.77. The molecule has 1 N–H and O–H groups in total. The van der Waals surface area contributed by atoms with Gasteiger partial charge in [-0.15, -0.1) is 0 Å². The van der Waals surface area contributed by atoms with Crippen molar-refractivity contribution in [1.29, 1.82) is 5.41 Å². The third kappa shape index (κ3) is 4.67. The highest BCUT2D eigenvalue weighted by atomic mass is 79.9. The molecule has 2 heterocycles. The quantitative estimate of drug-likeness (QED) is 0.365. The summed E-state index contributed by atoms with van der Waals surface area (Å²) >= 11 is 4.91. The molecule has 5 rings (SSSR count). The van der Waals surface area contributed by atoms with Gasteiger partial charge in [0.05, 0.1) is 22.9 Å². The SMILES string of the molecule is COc1cc(C=C2C(=N)N3C(c4ccccc4)=CSC3=NC2=O)cc(Br)c1OCc1ccccc1. The number of fused-ring (bicyclic) bond motifs is 1. The van der Waals surface area contributed by atoms with Crippen molar-refractivity contribution in [3.05, 3.63) is 105 Å². The van der Waals surface area contributed by atoms with Crippen molar-refractivity contribution in [2.75, 3.05) is 7.11 Å². The number of carbonyl (C=O) groups is 1. The number of thioether (sulfide) groups is 1. The molecule has 0 spiro atoms. The molecule has 0 fully saturated rings. The van der Waals surface area contributed by atoms with E-state index in [9.17, 15) is 4.79 Å². The smallest absolute Gasteiger partial charge is 0.283 e. The maximum Gasteiger partial charge on any atom is 0.283 e. The summed E-state index contributed by atoms with van der Waals surface area (Å²) in [5.74, 6) is 0.715. The first-order valence-corrected chi connectivity index (χ1v) is 12.4. The van der Waals surface area contributed by atoms with Crippen LogP contribution >= 0.6 is 27.7 Å². The number of halogens is 1. The monoisotopic (exact) mass is 545 g/mol. The zero-order chi connectivity index (χ0) is 24.4. The lowest BCUT2D eigenvalue weighted by atomic mass is 10.1. The van der Waals surface area contributed by atoms with Gasteiger partial charge in [0.2, 0.25) is 0 Å². The van der Waals surface area contributed by atoms with Crippen LogP contribution in [0.1, 0.15) is 16.7 Å². The average molecular weight is 546 g/mol. The van der Waals surface area contributed by atoms with E-state index in [0.29, 0.717) is 33.3 Å². The van der Waals surface area contributed by atoms with Crippen molar-refractivity contribution in [3.63, 3.8) is 0 Å². The molecule has 0 atom stereocenters. The predicted octanol–water partition coefficient (Wildman–Crippen LogP) is 6.34. The Morgan fingerprint density at radius 3 is 2.51 bits per heavy atom. The van der Waals surface area contributed by atoms with Crippen molar-refractivity contribution in [3.8, 4) is 11.5 Å². The molecule has 0 bridgehead atoms. The summed E-state index contributed by atoms with van der Waals surface area (Å²) in [7, 11) is 1.57. The van der Waals surface area contributed by atoms with E-state index in [1.54, 1.807) is 24.2 Å². The number of hydrogen-bond acceptors (Lipinski definition) is 5. The minimum Gasteiger partial charge on any atom is -0.493 e. The standard InChI is InChI=1S/C27H20BrN3O3S/c1-33-23-14-18(13-21(28)24(23)34-15-17-8-4-2-5-9-17)12-20-25(29)31-22(19-10-6-3-7-11-19)16-35-27(31)30-26(20)32/h2-14,16,29H,15H2,1H3. The number of aliphatic imine (C=N–C) groups is 1. The van der Waals surface area contributed by atoms with Gasteiger partial charge in [-0.05, 0) is 50.8 Å². The van der Waals surface area contributed by atoms with Crippen LogP contribution in [0.15, 0.2) is 93.2 Å². The Morgan fingerprint density at radius 1 is 1.09 bits per heavy atom. The molecule has 0 unspecified atom stereocenters. The van der Waals surface area contributed by atoms with Crippen LogP contribution in [-0.2, 0) is 11.4 Å². The van der Waals surface area contributed by atoms with Gasteiger partial charge in [0.1, 0.15) is 12.4 Å². The van der Waals surface area contributed by atoms with Gasteiger partial charge in [-0.1, -0.05) is 72.4 Å². The Labute approximate surface area is 215 Å². The van der Waals surface area contributed by atoms with Crippen LogP contribution < -0.4 is 9.47 Å². The van der Waals surface area contributed by atoms with E-state index in [2.05, 4.69) is 20.9 Å². The number of amidine groups is 2. The summed E-state index contributed by atoms with van der Waals surface area (Å²) in [4.78, 5) is 18.8. The van der Waals surface area contributed by atoms with Gasteiger partial charge in [0.25, 0.3) is 5.91 Å². The maximum atomic E-state index is 12.8. The Bertz CT molecular complexity index is 1400. The number of methoxy groups -OCH3 is 1. The normalized spacial score (nSPS) is 16.2. The highest BCUT2D eigenvalue weighted by molar-refractivity contribution is 9.10. The van der Waals surface area contributed by atoms with Crippen molar-refractivity contribution in [2.24, 2.45) is 4.99 Å².